The minimum absolute atomic E-state index is 0.982. The Morgan fingerprint density at radius 1 is 1.42 bits per heavy atom. The van der Waals surface area contributed by atoms with Gasteiger partial charge in [0.05, 0.1) is 10.2 Å². The lowest BCUT2D eigenvalue weighted by Gasteiger charge is -1.88. The van der Waals surface area contributed by atoms with E-state index in [-0.39, 0.29) is 0 Å². The second kappa shape index (κ2) is 2.75. The number of thiazole rings is 1. The van der Waals surface area contributed by atoms with E-state index in [4.69, 9.17) is 0 Å². The molecule has 1 heterocycles. The first-order chi connectivity index (χ1) is 5.79. The van der Waals surface area contributed by atoms with Crippen molar-refractivity contribution in [1.82, 2.24) is 4.98 Å². The predicted molar refractivity (Wildman–Crippen MR) is 53.9 cm³/mol. The van der Waals surface area contributed by atoms with E-state index >= 15 is 0 Å². The lowest BCUT2D eigenvalue weighted by atomic mass is 10.2. The van der Waals surface area contributed by atoms with E-state index < -0.39 is 0 Å². The maximum absolute atomic E-state index is 4.38. The molecular formula is C9H10N2S. The summed E-state index contributed by atoms with van der Waals surface area (Å²) in [6.45, 7) is 2.10. The van der Waals surface area contributed by atoms with Gasteiger partial charge in [0.15, 0.2) is 5.13 Å². The second-order valence-electron chi connectivity index (χ2n) is 2.74. The maximum Gasteiger partial charge on any atom is 0.183 e. The molecule has 0 atom stereocenters. The summed E-state index contributed by atoms with van der Waals surface area (Å²) < 4.78 is 1.25. The Hall–Kier alpha value is -1.09. The highest BCUT2D eigenvalue weighted by atomic mass is 32.1. The van der Waals surface area contributed by atoms with Crippen LogP contribution in [0.1, 0.15) is 5.56 Å². The van der Waals surface area contributed by atoms with E-state index in [1.165, 1.54) is 10.3 Å². The van der Waals surface area contributed by atoms with E-state index in [1.807, 2.05) is 7.05 Å². The maximum atomic E-state index is 4.38. The van der Waals surface area contributed by atoms with Gasteiger partial charge in [-0.25, -0.2) is 4.98 Å². The van der Waals surface area contributed by atoms with E-state index in [0.29, 0.717) is 0 Å². The summed E-state index contributed by atoms with van der Waals surface area (Å²) in [5.74, 6) is 0. The van der Waals surface area contributed by atoms with Crippen LogP contribution in [0.4, 0.5) is 5.13 Å². The number of aryl methyl sites for hydroxylation is 1. The second-order valence-corrected chi connectivity index (χ2v) is 3.77. The van der Waals surface area contributed by atoms with Crippen LogP contribution in [0.25, 0.3) is 10.2 Å². The quantitative estimate of drug-likeness (QED) is 0.726. The Labute approximate surface area is 75.3 Å². The van der Waals surface area contributed by atoms with Gasteiger partial charge in [0.25, 0.3) is 0 Å². The van der Waals surface area contributed by atoms with Crippen LogP contribution in [-0.4, -0.2) is 12.0 Å². The number of nitrogens with zero attached hydrogens (tertiary/aromatic N) is 1. The summed E-state index contributed by atoms with van der Waals surface area (Å²) in [5.41, 5.74) is 2.36. The Morgan fingerprint density at radius 2 is 2.25 bits per heavy atom. The van der Waals surface area contributed by atoms with Crippen LogP contribution in [0.15, 0.2) is 18.2 Å². The lowest BCUT2D eigenvalue weighted by molar-refractivity contribution is 1.41. The van der Waals surface area contributed by atoms with Gasteiger partial charge in [-0.15, -0.1) is 0 Å². The zero-order valence-corrected chi connectivity index (χ0v) is 7.90. The number of benzene rings is 1. The fraction of sp³-hybridized carbons (Fsp3) is 0.222. The highest BCUT2D eigenvalue weighted by Crippen LogP contribution is 2.25. The third kappa shape index (κ3) is 1.16. The first-order valence-electron chi connectivity index (χ1n) is 3.84. The third-order valence-electron chi connectivity index (χ3n) is 1.76. The number of fused-ring (bicyclic) bond motifs is 1. The average molecular weight is 178 g/mol. The van der Waals surface area contributed by atoms with Gasteiger partial charge < -0.3 is 5.32 Å². The SMILES string of the molecule is CNc1nc2ccc(C)cc2s1. The number of hydrogen-bond acceptors (Lipinski definition) is 3. The smallest absolute Gasteiger partial charge is 0.183 e. The molecule has 0 saturated heterocycles. The highest BCUT2D eigenvalue weighted by molar-refractivity contribution is 7.22. The third-order valence-corrected chi connectivity index (χ3v) is 2.79. The van der Waals surface area contributed by atoms with Crippen molar-refractivity contribution in [2.45, 2.75) is 6.92 Å². The normalized spacial score (nSPS) is 10.5. The molecule has 0 aliphatic carbocycles. The van der Waals surface area contributed by atoms with Crippen LogP contribution in [0, 0.1) is 6.92 Å². The van der Waals surface area contributed by atoms with Crippen LogP contribution in [0.3, 0.4) is 0 Å². The number of aromatic nitrogens is 1. The zero-order chi connectivity index (χ0) is 8.55. The van der Waals surface area contributed by atoms with Crippen molar-refractivity contribution in [2.24, 2.45) is 0 Å². The van der Waals surface area contributed by atoms with Crippen molar-refractivity contribution in [3.05, 3.63) is 23.8 Å². The molecule has 0 radical (unpaired) electrons. The van der Waals surface area contributed by atoms with E-state index in [2.05, 4.69) is 35.4 Å². The molecule has 2 aromatic rings. The Bertz CT molecular complexity index is 406. The first-order valence-corrected chi connectivity index (χ1v) is 4.66. The Morgan fingerprint density at radius 3 is 3.00 bits per heavy atom. The molecular weight excluding hydrogens is 168 g/mol. The van der Waals surface area contributed by atoms with Crippen molar-refractivity contribution in [3.8, 4) is 0 Å². The molecule has 0 unspecified atom stereocenters. The molecule has 0 saturated carbocycles. The predicted octanol–water partition coefficient (Wildman–Crippen LogP) is 2.65. The summed E-state index contributed by atoms with van der Waals surface area (Å²) in [5, 5.41) is 4.03. The fourth-order valence-corrected chi connectivity index (χ4v) is 2.06. The molecule has 3 heteroatoms. The van der Waals surface area contributed by atoms with Crippen molar-refractivity contribution >= 4 is 26.7 Å². The molecule has 12 heavy (non-hydrogen) atoms. The van der Waals surface area contributed by atoms with Gasteiger partial charge >= 0.3 is 0 Å². The van der Waals surface area contributed by atoms with Crippen molar-refractivity contribution < 1.29 is 0 Å². The summed E-state index contributed by atoms with van der Waals surface area (Å²) >= 11 is 1.69. The molecule has 0 bridgehead atoms. The fourth-order valence-electron chi connectivity index (χ4n) is 1.14. The minimum atomic E-state index is 0.982. The first kappa shape index (κ1) is 7.55. The summed E-state index contributed by atoms with van der Waals surface area (Å²) in [6, 6.07) is 6.30. The van der Waals surface area contributed by atoms with Crippen LogP contribution in [-0.2, 0) is 0 Å². The van der Waals surface area contributed by atoms with E-state index in [0.717, 1.165) is 10.6 Å². The molecule has 0 spiro atoms. The van der Waals surface area contributed by atoms with Crippen LogP contribution < -0.4 is 5.32 Å². The van der Waals surface area contributed by atoms with Gasteiger partial charge in [0.2, 0.25) is 0 Å². The van der Waals surface area contributed by atoms with Gasteiger partial charge in [0.1, 0.15) is 0 Å². The van der Waals surface area contributed by atoms with E-state index in [1.54, 1.807) is 11.3 Å². The summed E-state index contributed by atoms with van der Waals surface area (Å²) in [4.78, 5) is 4.38. The number of hydrogen-bond donors (Lipinski definition) is 1. The topological polar surface area (TPSA) is 24.9 Å². The summed E-state index contributed by atoms with van der Waals surface area (Å²) in [6.07, 6.45) is 0. The van der Waals surface area contributed by atoms with Gasteiger partial charge in [-0.2, -0.15) is 0 Å². The molecule has 1 aromatic carbocycles. The van der Waals surface area contributed by atoms with Crippen molar-refractivity contribution in [3.63, 3.8) is 0 Å². The highest BCUT2D eigenvalue weighted by Gasteiger charge is 2.00. The molecule has 62 valence electrons. The van der Waals surface area contributed by atoms with Gasteiger partial charge in [0, 0.05) is 7.05 Å². The monoisotopic (exact) mass is 178 g/mol. The van der Waals surface area contributed by atoms with Crippen LogP contribution in [0.2, 0.25) is 0 Å². The number of anilines is 1. The molecule has 0 aliphatic rings. The van der Waals surface area contributed by atoms with Gasteiger partial charge in [-0.1, -0.05) is 17.4 Å². The molecule has 2 nitrogen and oxygen atoms in total. The summed E-state index contributed by atoms with van der Waals surface area (Å²) in [7, 11) is 1.89. The van der Waals surface area contributed by atoms with Gasteiger partial charge in [-0.05, 0) is 24.6 Å². The molecule has 0 fully saturated rings. The van der Waals surface area contributed by atoms with Crippen LogP contribution in [0.5, 0.6) is 0 Å². The Balaban J connectivity index is 2.67. The molecule has 1 N–H and O–H groups in total. The molecule has 0 aliphatic heterocycles. The largest absolute Gasteiger partial charge is 0.365 e. The number of nitrogens with one attached hydrogen (secondary N) is 1. The Kier molecular flexibility index (Phi) is 1.73. The number of rotatable bonds is 1. The standard InChI is InChI=1S/C9H10N2S/c1-6-3-4-7-8(5-6)12-9(10-2)11-7/h3-5H,1-2H3,(H,10,11). The molecule has 1 aromatic heterocycles. The molecule has 0 amide bonds. The lowest BCUT2D eigenvalue weighted by Crippen LogP contribution is -1.83. The van der Waals surface area contributed by atoms with Crippen molar-refractivity contribution in [1.29, 1.82) is 0 Å². The van der Waals surface area contributed by atoms with Crippen molar-refractivity contribution in [2.75, 3.05) is 12.4 Å². The van der Waals surface area contributed by atoms with Gasteiger partial charge in [-0.3, -0.25) is 0 Å². The average Bonchev–Trinajstić information content (AvgIpc) is 2.46. The van der Waals surface area contributed by atoms with E-state index in [9.17, 15) is 0 Å². The molecule has 2 rings (SSSR count). The van der Waals surface area contributed by atoms with Crippen LogP contribution >= 0.6 is 11.3 Å². The minimum Gasteiger partial charge on any atom is -0.365 e. The zero-order valence-electron chi connectivity index (χ0n) is 7.09.